The fourth-order valence-electron chi connectivity index (χ4n) is 3.69. The van der Waals surface area contributed by atoms with E-state index < -0.39 is 5.97 Å². The summed E-state index contributed by atoms with van der Waals surface area (Å²) >= 11 is 6.55. The molecule has 1 aliphatic heterocycles. The largest absolute Gasteiger partial charge is 0.490 e. The monoisotopic (exact) mass is 489 g/mol. The summed E-state index contributed by atoms with van der Waals surface area (Å²) in [4.78, 5) is 16.9. The van der Waals surface area contributed by atoms with Crippen molar-refractivity contribution < 1.29 is 19.0 Å². The number of cyclic esters (lactones) is 1. The van der Waals surface area contributed by atoms with Crippen LogP contribution in [-0.4, -0.2) is 25.1 Å². The fourth-order valence-corrected chi connectivity index (χ4v) is 3.96. The number of esters is 1. The lowest BCUT2D eigenvalue weighted by Crippen LogP contribution is -2.05. The van der Waals surface area contributed by atoms with Gasteiger partial charge in [-0.15, -0.1) is 0 Å². The molecule has 3 aromatic rings. The number of nitrogens with zero attached hydrogens (tertiary/aromatic N) is 1. The smallest absolute Gasteiger partial charge is 0.363 e. The minimum atomic E-state index is -0.509. The molecule has 0 saturated heterocycles. The van der Waals surface area contributed by atoms with Gasteiger partial charge in [0.2, 0.25) is 5.90 Å². The summed E-state index contributed by atoms with van der Waals surface area (Å²) in [5, 5.41) is 0.399. The molecule has 0 amide bonds. The first-order valence-electron chi connectivity index (χ1n) is 11.7. The van der Waals surface area contributed by atoms with Gasteiger partial charge in [-0.1, -0.05) is 67.9 Å². The van der Waals surface area contributed by atoms with Crippen molar-refractivity contribution >= 4 is 29.5 Å². The summed E-state index contributed by atoms with van der Waals surface area (Å²) < 4.78 is 17.2. The topological polar surface area (TPSA) is 57.1 Å². The van der Waals surface area contributed by atoms with E-state index in [9.17, 15) is 4.79 Å². The van der Waals surface area contributed by atoms with E-state index in [2.05, 4.69) is 31.0 Å². The van der Waals surface area contributed by atoms with Gasteiger partial charge in [-0.25, -0.2) is 9.79 Å². The molecule has 0 N–H and O–H groups in total. The average molecular weight is 490 g/mol. The molecule has 0 radical (unpaired) electrons. The van der Waals surface area contributed by atoms with Crippen LogP contribution >= 0.6 is 11.6 Å². The first-order valence-corrected chi connectivity index (χ1v) is 12.1. The van der Waals surface area contributed by atoms with Crippen LogP contribution in [0.25, 0.3) is 6.08 Å². The maximum atomic E-state index is 12.5. The van der Waals surface area contributed by atoms with Gasteiger partial charge in [0.05, 0.1) is 18.2 Å². The quantitative estimate of drug-likeness (QED) is 0.244. The number of hydrogen-bond acceptors (Lipinski definition) is 5. The minimum Gasteiger partial charge on any atom is -0.490 e. The molecule has 3 aromatic carbocycles. The van der Waals surface area contributed by atoms with Crippen molar-refractivity contribution in [3.05, 3.63) is 99.7 Å². The molecule has 0 spiro atoms. The molecule has 4 rings (SSSR count). The number of hydrogen-bond donors (Lipinski definition) is 0. The maximum Gasteiger partial charge on any atom is 0.363 e. The first-order chi connectivity index (χ1) is 16.9. The zero-order valence-corrected chi connectivity index (χ0v) is 20.8. The third-order valence-corrected chi connectivity index (χ3v) is 5.84. The Kier molecular flexibility index (Phi) is 7.88. The van der Waals surface area contributed by atoms with Gasteiger partial charge in [-0.3, -0.25) is 0 Å². The standard InChI is InChI=1S/C29H28ClNO4/c1-4-33-26-18-21(16-24(30)27(26)34-15-14-20-8-6-5-7-9-20)17-25-29(32)35-28(31-25)23-12-10-22(11-13-23)19(2)3/h5-13,16-19H,4,14-15H2,1-3H3/b25-17-. The van der Waals surface area contributed by atoms with Crippen molar-refractivity contribution in [2.75, 3.05) is 13.2 Å². The SMILES string of the molecule is CCOc1cc(/C=C2\N=C(c3ccc(C(C)C)cc3)OC2=O)cc(Cl)c1OCCc1ccccc1. The lowest BCUT2D eigenvalue weighted by molar-refractivity contribution is -0.129. The van der Waals surface area contributed by atoms with Crippen LogP contribution in [0.2, 0.25) is 5.02 Å². The third kappa shape index (κ3) is 6.11. The van der Waals surface area contributed by atoms with Crippen molar-refractivity contribution in [3.63, 3.8) is 0 Å². The minimum absolute atomic E-state index is 0.198. The van der Waals surface area contributed by atoms with Gasteiger partial charge in [-0.2, -0.15) is 0 Å². The van der Waals surface area contributed by atoms with Crippen LogP contribution in [0.3, 0.4) is 0 Å². The molecule has 35 heavy (non-hydrogen) atoms. The number of carbonyl (C=O) groups is 1. The highest BCUT2D eigenvalue weighted by Gasteiger charge is 2.24. The molecule has 0 bridgehead atoms. The summed E-state index contributed by atoms with van der Waals surface area (Å²) in [6, 6.07) is 21.5. The Balaban J connectivity index is 1.54. The zero-order valence-electron chi connectivity index (χ0n) is 20.1. The molecule has 180 valence electrons. The normalized spacial score (nSPS) is 14.3. The molecule has 1 aliphatic rings. The predicted molar refractivity (Wildman–Crippen MR) is 139 cm³/mol. The summed E-state index contributed by atoms with van der Waals surface area (Å²) in [6.07, 6.45) is 2.38. The second kappa shape index (κ2) is 11.2. The zero-order chi connectivity index (χ0) is 24.8. The van der Waals surface area contributed by atoms with E-state index in [1.54, 1.807) is 18.2 Å². The highest BCUT2D eigenvalue weighted by molar-refractivity contribution is 6.32. The van der Waals surface area contributed by atoms with E-state index in [-0.39, 0.29) is 11.6 Å². The number of benzene rings is 3. The van der Waals surface area contributed by atoms with Gasteiger partial charge in [0.1, 0.15) is 0 Å². The van der Waals surface area contributed by atoms with Crippen LogP contribution in [0.1, 0.15) is 48.9 Å². The van der Waals surface area contributed by atoms with E-state index in [0.29, 0.717) is 41.2 Å². The summed E-state index contributed by atoms with van der Waals surface area (Å²) in [7, 11) is 0. The van der Waals surface area contributed by atoms with Crippen LogP contribution in [0.5, 0.6) is 11.5 Å². The summed E-state index contributed by atoms with van der Waals surface area (Å²) in [6.45, 7) is 7.05. The Morgan fingerprint density at radius 2 is 1.77 bits per heavy atom. The second-order valence-corrected chi connectivity index (χ2v) is 8.87. The predicted octanol–water partition coefficient (Wildman–Crippen LogP) is 6.83. The highest BCUT2D eigenvalue weighted by atomic mass is 35.5. The van der Waals surface area contributed by atoms with Gasteiger partial charge in [0.25, 0.3) is 0 Å². The number of rotatable bonds is 9. The van der Waals surface area contributed by atoms with E-state index in [4.69, 9.17) is 25.8 Å². The van der Waals surface area contributed by atoms with Crippen LogP contribution in [0, 0.1) is 0 Å². The Morgan fingerprint density at radius 1 is 1.03 bits per heavy atom. The lowest BCUT2D eigenvalue weighted by atomic mass is 10.0. The van der Waals surface area contributed by atoms with Gasteiger partial charge < -0.3 is 14.2 Å². The van der Waals surface area contributed by atoms with Gasteiger partial charge in [-0.05, 0) is 59.9 Å². The summed E-state index contributed by atoms with van der Waals surface area (Å²) in [5.74, 6) is 1.19. The molecule has 0 aliphatic carbocycles. The van der Waals surface area contributed by atoms with Crippen molar-refractivity contribution in [2.24, 2.45) is 4.99 Å². The Hall–Kier alpha value is -3.57. The number of aliphatic imine (C=N–C) groups is 1. The molecule has 1 heterocycles. The second-order valence-electron chi connectivity index (χ2n) is 8.46. The number of halogens is 1. The van der Waals surface area contributed by atoms with Crippen molar-refractivity contribution in [1.82, 2.24) is 0 Å². The number of carbonyl (C=O) groups excluding carboxylic acids is 1. The van der Waals surface area contributed by atoms with E-state index in [0.717, 1.165) is 12.0 Å². The molecular weight excluding hydrogens is 462 g/mol. The molecule has 6 heteroatoms. The summed E-state index contributed by atoms with van der Waals surface area (Å²) in [5.41, 5.74) is 4.00. The Labute approximate surface area is 211 Å². The van der Waals surface area contributed by atoms with Gasteiger partial charge >= 0.3 is 5.97 Å². The van der Waals surface area contributed by atoms with Crippen molar-refractivity contribution in [2.45, 2.75) is 33.1 Å². The van der Waals surface area contributed by atoms with E-state index >= 15 is 0 Å². The average Bonchev–Trinajstić information content (AvgIpc) is 3.21. The van der Waals surface area contributed by atoms with E-state index in [1.807, 2.05) is 49.4 Å². The maximum absolute atomic E-state index is 12.5. The van der Waals surface area contributed by atoms with E-state index in [1.165, 1.54) is 11.1 Å². The van der Waals surface area contributed by atoms with Gasteiger partial charge in [0, 0.05) is 12.0 Å². The molecule has 0 aromatic heterocycles. The Morgan fingerprint density at radius 3 is 2.46 bits per heavy atom. The fraction of sp³-hybridized carbons (Fsp3) is 0.241. The molecule has 5 nitrogen and oxygen atoms in total. The van der Waals surface area contributed by atoms with Crippen LogP contribution < -0.4 is 9.47 Å². The molecule has 0 atom stereocenters. The van der Waals surface area contributed by atoms with Crippen LogP contribution in [0.4, 0.5) is 0 Å². The van der Waals surface area contributed by atoms with Crippen molar-refractivity contribution in [1.29, 1.82) is 0 Å². The van der Waals surface area contributed by atoms with Crippen molar-refractivity contribution in [3.8, 4) is 11.5 Å². The van der Waals surface area contributed by atoms with Gasteiger partial charge in [0.15, 0.2) is 17.2 Å². The third-order valence-electron chi connectivity index (χ3n) is 5.56. The first kappa shape index (κ1) is 24.6. The Bertz CT molecular complexity index is 1250. The highest BCUT2D eigenvalue weighted by Crippen LogP contribution is 2.38. The number of ether oxygens (including phenoxy) is 3. The molecule has 0 saturated carbocycles. The lowest BCUT2D eigenvalue weighted by Gasteiger charge is -2.14. The molecule has 0 unspecified atom stereocenters. The van der Waals surface area contributed by atoms with Crippen LogP contribution in [0.15, 0.2) is 77.4 Å². The molecular formula is C29H28ClNO4. The van der Waals surface area contributed by atoms with Crippen LogP contribution in [-0.2, 0) is 16.0 Å². The molecule has 0 fully saturated rings.